The van der Waals surface area contributed by atoms with Crippen LogP contribution in [-0.4, -0.2) is 49.3 Å². The number of carbonyl (C=O) groups excluding carboxylic acids is 1. The fourth-order valence-electron chi connectivity index (χ4n) is 7.24. The largest absolute Gasteiger partial charge is 0.358 e. The molecule has 2 saturated carbocycles. The molecule has 10 heteroatoms. The molecule has 3 heterocycles. The number of fused-ring (bicyclic) bond motifs is 3. The summed E-state index contributed by atoms with van der Waals surface area (Å²) in [5.74, 6) is -0.531. The highest BCUT2D eigenvalue weighted by molar-refractivity contribution is 7.75. The van der Waals surface area contributed by atoms with Gasteiger partial charge in [-0.05, 0) is 32.1 Å². The lowest BCUT2D eigenvalue weighted by Crippen LogP contribution is -2.88. The van der Waals surface area contributed by atoms with Crippen molar-refractivity contribution in [1.29, 1.82) is 0 Å². The molecule has 5 fully saturated rings. The third kappa shape index (κ3) is 2.26. The average molecular weight is 461 g/mol. The molecule has 30 heavy (non-hydrogen) atoms. The van der Waals surface area contributed by atoms with E-state index >= 15 is 0 Å². The molecule has 2 aliphatic carbocycles. The van der Waals surface area contributed by atoms with Gasteiger partial charge in [0.25, 0.3) is 0 Å². The zero-order valence-corrected chi connectivity index (χ0v) is 19.4. The van der Waals surface area contributed by atoms with E-state index in [0.29, 0.717) is 6.42 Å². The molecule has 0 aromatic heterocycles. The van der Waals surface area contributed by atoms with Crippen LogP contribution in [0, 0.1) is 16.7 Å². The smallest absolute Gasteiger partial charge is 0.306 e. The first-order valence-corrected chi connectivity index (χ1v) is 12.3. The Hall–Kier alpha value is -0.490. The number of Topliss-reactive ketones (excluding diaryl/α,β-unsaturated/α-hetero) is 1. The third-order valence-electron chi connectivity index (χ3n) is 8.38. The second-order valence-corrected chi connectivity index (χ2v) is 12.0. The van der Waals surface area contributed by atoms with Gasteiger partial charge in [-0.3, -0.25) is 17.3 Å². The van der Waals surface area contributed by atoms with E-state index in [9.17, 15) is 13.2 Å². The van der Waals surface area contributed by atoms with E-state index < -0.39 is 63.3 Å². The van der Waals surface area contributed by atoms with Crippen molar-refractivity contribution in [1.82, 2.24) is 0 Å². The van der Waals surface area contributed by atoms with Crippen LogP contribution < -0.4 is 0 Å². The van der Waals surface area contributed by atoms with Crippen LogP contribution in [0.3, 0.4) is 0 Å². The van der Waals surface area contributed by atoms with Crippen LogP contribution in [0.1, 0.15) is 53.9 Å². The summed E-state index contributed by atoms with van der Waals surface area (Å²) >= 11 is -4.13. The van der Waals surface area contributed by atoms with Gasteiger partial charge < -0.3 is 4.74 Å². The fraction of sp³-hybridized carbons (Fsp3) is 0.850. The average Bonchev–Trinajstić information content (AvgIpc) is 3.01. The van der Waals surface area contributed by atoms with Crippen LogP contribution in [0.4, 0.5) is 0 Å². The summed E-state index contributed by atoms with van der Waals surface area (Å²) in [6.45, 7) is 13.5. The Bertz CT molecular complexity index is 890. The van der Waals surface area contributed by atoms with Gasteiger partial charge in [-0.1, -0.05) is 26.8 Å². The van der Waals surface area contributed by atoms with Gasteiger partial charge in [0.2, 0.25) is 0 Å². The summed E-state index contributed by atoms with van der Waals surface area (Å²) in [4.78, 5) is 14.0. The van der Waals surface area contributed by atoms with E-state index in [1.165, 1.54) is 0 Å². The molecule has 5 rings (SSSR count). The first-order valence-electron chi connectivity index (χ1n) is 10.3. The van der Waals surface area contributed by atoms with Crippen molar-refractivity contribution in [2.45, 2.75) is 89.0 Å². The molecule has 0 N–H and O–H groups in total. The topological polar surface area (TPSA) is 97.4 Å². The summed E-state index contributed by atoms with van der Waals surface area (Å²) in [7, 11) is 0. The molecule has 5 aliphatic rings. The molecule has 3 aliphatic heterocycles. The summed E-state index contributed by atoms with van der Waals surface area (Å²) in [6.07, 6.45) is 1.00. The molecule has 0 aromatic carbocycles. The van der Waals surface area contributed by atoms with Crippen molar-refractivity contribution in [3.8, 4) is 0 Å². The summed E-state index contributed by atoms with van der Waals surface area (Å²) in [6, 6.07) is 0. The van der Waals surface area contributed by atoms with Gasteiger partial charge in [-0.2, -0.15) is 8.42 Å². The predicted molar refractivity (Wildman–Crippen MR) is 107 cm³/mol. The molecular formula is C20H28O8S2. The number of hydrogen-bond acceptors (Lipinski definition) is 8. The Morgan fingerprint density at radius 2 is 1.77 bits per heavy atom. The first-order chi connectivity index (χ1) is 13.8. The maximum atomic E-state index is 14.0. The molecule has 168 valence electrons. The van der Waals surface area contributed by atoms with Gasteiger partial charge in [-0.15, -0.1) is 6.58 Å². The van der Waals surface area contributed by atoms with Gasteiger partial charge in [-0.25, -0.2) is 4.18 Å². The highest BCUT2D eigenvalue weighted by atomic mass is 32.2. The molecule has 0 radical (unpaired) electrons. The number of ketones is 1. The zero-order chi connectivity index (χ0) is 21.9. The SMILES string of the molecule is C=C[C@@]1(C)CC(=O)[C@@]23OS(=O)O[C@H]4CCC(C)(C)[C@H](C5OS(=O)OC5[C@@]2(C)O1)C43C. The molecule has 0 aromatic rings. The van der Waals surface area contributed by atoms with E-state index in [4.69, 9.17) is 21.5 Å². The maximum absolute atomic E-state index is 14.0. The van der Waals surface area contributed by atoms with Crippen molar-refractivity contribution < 1.29 is 34.7 Å². The Morgan fingerprint density at radius 1 is 1.07 bits per heavy atom. The van der Waals surface area contributed by atoms with Crippen LogP contribution >= 0.6 is 0 Å². The number of ether oxygens (including phenoxy) is 1. The number of hydrogen-bond donors (Lipinski definition) is 0. The first kappa shape index (κ1) is 21.4. The number of carbonyl (C=O) groups is 1. The highest BCUT2D eigenvalue weighted by Crippen LogP contribution is 2.71. The molecule has 1 spiro atoms. The highest BCUT2D eigenvalue weighted by Gasteiger charge is 2.86. The minimum absolute atomic E-state index is 0.0140. The zero-order valence-electron chi connectivity index (χ0n) is 17.8. The monoisotopic (exact) mass is 460 g/mol. The molecule has 10 atom stereocenters. The van der Waals surface area contributed by atoms with Crippen LogP contribution in [0.2, 0.25) is 0 Å². The molecule has 5 unspecified atom stereocenters. The second kappa shape index (κ2) is 6.09. The molecule has 3 saturated heterocycles. The van der Waals surface area contributed by atoms with Crippen molar-refractivity contribution >= 4 is 28.5 Å². The van der Waals surface area contributed by atoms with Crippen molar-refractivity contribution in [3.63, 3.8) is 0 Å². The van der Waals surface area contributed by atoms with Crippen molar-refractivity contribution in [3.05, 3.63) is 12.7 Å². The molecular weight excluding hydrogens is 432 g/mol. The fourth-order valence-corrected chi connectivity index (χ4v) is 9.31. The van der Waals surface area contributed by atoms with Gasteiger partial charge in [0, 0.05) is 17.8 Å². The maximum Gasteiger partial charge on any atom is 0.306 e. The van der Waals surface area contributed by atoms with E-state index in [-0.39, 0.29) is 23.5 Å². The van der Waals surface area contributed by atoms with E-state index in [2.05, 4.69) is 20.4 Å². The normalized spacial score (nSPS) is 59.0. The second-order valence-electron chi connectivity index (χ2n) is 10.4. The molecule has 8 nitrogen and oxygen atoms in total. The Morgan fingerprint density at radius 3 is 2.43 bits per heavy atom. The molecule has 0 bridgehead atoms. The van der Waals surface area contributed by atoms with Gasteiger partial charge in [0.15, 0.2) is 11.4 Å². The lowest BCUT2D eigenvalue weighted by molar-refractivity contribution is -0.354. The van der Waals surface area contributed by atoms with E-state index in [0.717, 1.165) is 6.42 Å². The van der Waals surface area contributed by atoms with Crippen LogP contribution in [0.25, 0.3) is 0 Å². The van der Waals surface area contributed by atoms with Crippen molar-refractivity contribution in [2.24, 2.45) is 16.7 Å². The Kier molecular flexibility index (Phi) is 4.34. The van der Waals surface area contributed by atoms with E-state index in [1.807, 2.05) is 6.92 Å². The predicted octanol–water partition coefficient (Wildman–Crippen LogP) is 2.23. The lowest BCUT2D eigenvalue weighted by atomic mass is 9.40. The van der Waals surface area contributed by atoms with Crippen LogP contribution in [0.5, 0.6) is 0 Å². The van der Waals surface area contributed by atoms with Gasteiger partial charge in [0.1, 0.15) is 17.8 Å². The lowest BCUT2D eigenvalue weighted by Gasteiger charge is -2.72. The Balaban J connectivity index is 1.83. The van der Waals surface area contributed by atoms with Crippen LogP contribution in [-0.2, 0) is 49.0 Å². The summed E-state index contributed by atoms with van der Waals surface area (Å²) < 4.78 is 55.1. The minimum atomic E-state index is -2.14. The minimum Gasteiger partial charge on any atom is -0.358 e. The summed E-state index contributed by atoms with van der Waals surface area (Å²) in [5, 5.41) is 0. The van der Waals surface area contributed by atoms with Crippen molar-refractivity contribution in [2.75, 3.05) is 0 Å². The van der Waals surface area contributed by atoms with Gasteiger partial charge in [0.05, 0.1) is 11.7 Å². The quantitative estimate of drug-likeness (QED) is 0.550. The third-order valence-corrected chi connectivity index (χ3v) is 9.90. The van der Waals surface area contributed by atoms with E-state index in [1.54, 1.807) is 19.9 Å². The molecule has 0 amide bonds. The van der Waals surface area contributed by atoms with Gasteiger partial charge >= 0.3 is 22.7 Å². The standard InChI is InChI=1S/C20H28O8S2/c1-7-17(4)10-11(21)20-18(5)12(24-30(23)28-20)8-9-16(2,3)14(18)13-15(19(20,6)27-17)26-29(22)25-13/h7,12-15H,1,8-10H2,2-6H3/t12-,13?,14-,15?,17-,18?,19+,20-,29?,30?/m0/s1. The Labute approximate surface area is 181 Å². The van der Waals surface area contributed by atoms with Crippen LogP contribution in [0.15, 0.2) is 12.7 Å². The number of rotatable bonds is 1. The summed E-state index contributed by atoms with van der Waals surface area (Å²) in [5.41, 5.74) is -5.25.